The maximum atomic E-state index is 12.2. The summed E-state index contributed by atoms with van der Waals surface area (Å²) in [6, 6.07) is 24.6. The van der Waals surface area contributed by atoms with E-state index in [2.05, 4.69) is 44.9 Å². The van der Waals surface area contributed by atoms with Gasteiger partial charge in [0, 0.05) is 22.5 Å². The summed E-state index contributed by atoms with van der Waals surface area (Å²) in [6.45, 7) is 15.2. The quantitative estimate of drug-likeness (QED) is 0.126. The highest BCUT2D eigenvalue weighted by molar-refractivity contribution is 5.91. The number of nitrogens with one attached hydrogen (secondary N) is 4. The van der Waals surface area contributed by atoms with E-state index >= 15 is 0 Å². The third-order valence-electron chi connectivity index (χ3n) is 6.87. The fourth-order valence-corrected chi connectivity index (χ4v) is 4.30. The van der Waals surface area contributed by atoms with Crippen LogP contribution in [0.15, 0.2) is 84.9 Å². The van der Waals surface area contributed by atoms with Crippen LogP contribution in [0.25, 0.3) is 0 Å². The van der Waals surface area contributed by atoms with E-state index in [1.807, 2.05) is 91.8 Å². The van der Waals surface area contributed by atoms with Crippen LogP contribution in [-0.2, 0) is 0 Å². The zero-order valence-electron chi connectivity index (χ0n) is 28.8. The number of anilines is 2. The first kappa shape index (κ1) is 36.6. The van der Waals surface area contributed by atoms with Crippen molar-refractivity contribution in [2.45, 2.75) is 66.5 Å². The van der Waals surface area contributed by atoms with E-state index in [0.717, 1.165) is 33.6 Å². The van der Waals surface area contributed by atoms with Crippen LogP contribution in [-0.4, -0.2) is 33.4 Å². The lowest BCUT2D eigenvalue weighted by atomic mass is 10.1. The van der Waals surface area contributed by atoms with Crippen molar-refractivity contribution in [3.63, 3.8) is 0 Å². The summed E-state index contributed by atoms with van der Waals surface area (Å²) in [5.74, 6) is 12.3. The molecule has 0 radical (unpaired) electrons. The van der Waals surface area contributed by atoms with E-state index in [-0.39, 0.29) is 23.6 Å². The normalized spacial score (nSPS) is 10.5. The van der Waals surface area contributed by atoms with Crippen LogP contribution >= 0.6 is 0 Å². The van der Waals surface area contributed by atoms with Crippen molar-refractivity contribution >= 4 is 23.4 Å². The minimum atomic E-state index is -0.715. The third-order valence-corrected chi connectivity index (χ3v) is 6.87. The smallest absolute Gasteiger partial charge is 0.320 e. The molecule has 8 heteroatoms. The number of hydrogen-bond donors (Lipinski definition) is 6. The Morgan fingerprint density at radius 3 is 1.29 bits per heavy atom. The first-order chi connectivity index (χ1) is 22.5. The zero-order valence-corrected chi connectivity index (χ0v) is 28.8. The molecule has 0 saturated carbocycles. The molecule has 0 saturated heterocycles. The Bertz CT molecular complexity index is 1770. The number of aryl methyl sites for hydroxylation is 4. The molecule has 4 aromatic rings. The Balaban J connectivity index is 0.000000260. The molecular formula is C40H44N4O4. The Hall–Kier alpha value is -5.86. The van der Waals surface area contributed by atoms with E-state index in [1.54, 1.807) is 48.5 Å². The average molecular weight is 645 g/mol. The molecule has 48 heavy (non-hydrogen) atoms. The number of rotatable bonds is 4. The largest absolute Gasteiger partial charge is 0.508 e. The van der Waals surface area contributed by atoms with E-state index in [4.69, 9.17) is 0 Å². The average Bonchev–Trinajstić information content (AvgIpc) is 2.99. The zero-order chi connectivity index (χ0) is 35.5. The SMILES string of the molecule is Cc1ccc(C)c(NC(=O)NC(C)(C)C#Cc2cccc(O)c2)c1.Cc1ccc(C)c(NC(=O)NC(C)(C)C#Cc2cccc(O)c2)c1. The number of hydrogen-bond acceptors (Lipinski definition) is 4. The summed E-state index contributed by atoms with van der Waals surface area (Å²) in [7, 11) is 0. The van der Waals surface area contributed by atoms with Gasteiger partial charge < -0.3 is 31.5 Å². The van der Waals surface area contributed by atoms with Crippen LogP contribution in [0.4, 0.5) is 21.0 Å². The maximum Gasteiger partial charge on any atom is 0.320 e. The molecule has 0 aliphatic carbocycles. The molecule has 0 aliphatic heterocycles. The van der Waals surface area contributed by atoms with Gasteiger partial charge in [-0.3, -0.25) is 0 Å². The van der Waals surface area contributed by atoms with Gasteiger partial charge in [-0.05, 0) is 126 Å². The number of aromatic hydroxyl groups is 2. The molecule has 0 aromatic heterocycles. The lowest BCUT2D eigenvalue weighted by Gasteiger charge is -2.21. The number of carbonyl (C=O) groups is 2. The van der Waals surface area contributed by atoms with Gasteiger partial charge >= 0.3 is 12.1 Å². The van der Waals surface area contributed by atoms with Crippen molar-refractivity contribution in [1.29, 1.82) is 0 Å². The second kappa shape index (κ2) is 16.1. The molecule has 248 valence electrons. The van der Waals surface area contributed by atoms with Crippen molar-refractivity contribution in [2.75, 3.05) is 10.6 Å². The van der Waals surface area contributed by atoms with Crippen LogP contribution < -0.4 is 21.3 Å². The molecule has 0 heterocycles. The molecule has 0 unspecified atom stereocenters. The van der Waals surface area contributed by atoms with Crippen LogP contribution in [0.5, 0.6) is 11.5 Å². The minimum absolute atomic E-state index is 0.167. The first-order valence-electron chi connectivity index (χ1n) is 15.5. The van der Waals surface area contributed by atoms with Gasteiger partial charge in [0.15, 0.2) is 0 Å². The molecule has 0 aliphatic rings. The number of amides is 4. The first-order valence-corrected chi connectivity index (χ1v) is 15.5. The van der Waals surface area contributed by atoms with Crippen molar-refractivity contribution in [2.24, 2.45) is 0 Å². The number of phenols is 2. The third kappa shape index (κ3) is 12.5. The molecule has 0 atom stereocenters. The summed E-state index contributed by atoms with van der Waals surface area (Å²) in [6.07, 6.45) is 0. The van der Waals surface area contributed by atoms with Gasteiger partial charge in [-0.15, -0.1) is 0 Å². The van der Waals surface area contributed by atoms with Crippen molar-refractivity contribution < 1.29 is 19.8 Å². The Morgan fingerprint density at radius 2 is 0.938 bits per heavy atom. The van der Waals surface area contributed by atoms with E-state index < -0.39 is 11.1 Å². The Kier molecular flexibility index (Phi) is 12.3. The number of phenolic OH excluding ortho intramolecular Hbond substituents is 2. The molecule has 4 aromatic carbocycles. The van der Waals surface area contributed by atoms with E-state index in [1.165, 1.54) is 0 Å². The van der Waals surface area contributed by atoms with Crippen molar-refractivity contribution in [3.05, 3.63) is 118 Å². The van der Waals surface area contributed by atoms with Crippen LogP contribution in [0.2, 0.25) is 0 Å². The van der Waals surface area contributed by atoms with Gasteiger partial charge in [-0.1, -0.05) is 60.1 Å². The predicted octanol–water partition coefficient (Wildman–Crippen LogP) is 7.92. The molecule has 0 spiro atoms. The highest BCUT2D eigenvalue weighted by Crippen LogP contribution is 2.18. The van der Waals surface area contributed by atoms with E-state index in [9.17, 15) is 19.8 Å². The molecule has 4 amide bonds. The summed E-state index contributed by atoms with van der Waals surface area (Å²) >= 11 is 0. The number of urea groups is 2. The molecule has 6 N–H and O–H groups in total. The highest BCUT2D eigenvalue weighted by Gasteiger charge is 2.19. The molecule has 8 nitrogen and oxygen atoms in total. The monoisotopic (exact) mass is 644 g/mol. The van der Waals surface area contributed by atoms with Gasteiger partial charge in [0.05, 0.1) is 11.1 Å². The molecule has 0 fully saturated rings. The van der Waals surface area contributed by atoms with E-state index in [0.29, 0.717) is 11.1 Å². The Morgan fingerprint density at radius 1 is 0.562 bits per heavy atom. The fraction of sp³-hybridized carbons (Fsp3) is 0.250. The van der Waals surface area contributed by atoms with Crippen molar-refractivity contribution in [1.82, 2.24) is 10.6 Å². The minimum Gasteiger partial charge on any atom is -0.508 e. The summed E-state index contributed by atoms with van der Waals surface area (Å²) < 4.78 is 0. The fourth-order valence-electron chi connectivity index (χ4n) is 4.30. The van der Waals surface area contributed by atoms with Gasteiger partial charge in [0.2, 0.25) is 0 Å². The van der Waals surface area contributed by atoms with Gasteiger partial charge in [-0.2, -0.15) is 0 Å². The lowest BCUT2D eigenvalue weighted by Crippen LogP contribution is -2.44. The van der Waals surface area contributed by atoms with Crippen LogP contribution in [0, 0.1) is 51.4 Å². The lowest BCUT2D eigenvalue weighted by molar-refractivity contribution is 0.246. The highest BCUT2D eigenvalue weighted by atomic mass is 16.3. The van der Waals surface area contributed by atoms with Gasteiger partial charge in [0.25, 0.3) is 0 Å². The molecule has 0 bridgehead atoms. The second-order valence-electron chi connectivity index (χ2n) is 12.6. The summed E-state index contributed by atoms with van der Waals surface area (Å²) in [5, 5.41) is 30.3. The molecule has 4 rings (SSSR count). The Labute approximate surface area is 284 Å². The van der Waals surface area contributed by atoms with Gasteiger partial charge in [0.1, 0.15) is 11.5 Å². The van der Waals surface area contributed by atoms with Gasteiger partial charge in [-0.25, -0.2) is 9.59 Å². The maximum absolute atomic E-state index is 12.2. The van der Waals surface area contributed by atoms with Crippen LogP contribution in [0.3, 0.4) is 0 Å². The number of benzene rings is 4. The summed E-state index contributed by atoms with van der Waals surface area (Å²) in [4.78, 5) is 24.5. The van der Waals surface area contributed by atoms with Crippen molar-refractivity contribution in [3.8, 4) is 35.2 Å². The summed E-state index contributed by atoms with van der Waals surface area (Å²) in [5.41, 5.74) is 5.69. The standard InChI is InChI=1S/2C20H22N2O2/c2*1-14-8-9-15(2)18(12-14)21-19(24)22-20(3,4)11-10-16-6-5-7-17(23)13-16/h2*5-9,12-13,23H,1-4H3,(H2,21,22,24). The number of carbonyl (C=O) groups excluding carboxylic acids is 2. The molecular weight excluding hydrogens is 600 g/mol. The predicted molar refractivity (Wildman–Crippen MR) is 194 cm³/mol. The van der Waals surface area contributed by atoms with Crippen LogP contribution in [0.1, 0.15) is 61.1 Å². The second-order valence-corrected chi connectivity index (χ2v) is 12.6. The topological polar surface area (TPSA) is 123 Å².